The van der Waals surface area contributed by atoms with Gasteiger partial charge in [0.2, 0.25) is 10.0 Å². The van der Waals surface area contributed by atoms with Gasteiger partial charge in [-0.05, 0) is 50.2 Å². The lowest BCUT2D eigenvalue weighted by Gasteiger charge is -2.31. The Bertz CT molecular complexity index is 843. The zero-order chi connectivity index (χ0) is 23.8. The summed E-state index contributed by atoms with van der Waals surface area (Å²) in [6, 6.07) is 8.61. The van der Waals surface area contributed by atoms with Gasteiger partial charge in [0.15, 0.2) is 6.29 Å². The Kier molecular flexibility index (Phi) is 9.51. The Labute approximate surface area is 195 Å². The average Bonchev–Trinajstić information content (AvgIpc) is 3.04. The number of benzene rings is 1. The van der Waals surface area contributed by atoms with E-state index in [0.717, 1.165) is 25.5 Å². The number of hydrogen-bond donors (Lipinski definition) is 3. The van der Waals surface area contributed by atoms with Crippen LogP contribution in [0.5, 0.6) is 5.75 Å². The maximum atomic E-state index is 11.9. The van der Waals surface area contributed by atoms with E-state index in [0.29, 0.717) is 31.6 Å². The third-order valence-corrected chi connectivity index (χ3v) is 7.06. The van der Waals surface area contributed by atoms with E-state index in [1.165, 1.54) is 0 Å². The molecule has 186 valence electrons. The van der Waals surface area contributed by atoms with Crippen LogP contribution in [0.4, 0.5) is 0 Å². The van der Waals surface area contributed by atoms with Crippen molar-refractivity contribution < 1.29 is 37.6 Å². The number of aliphatic hydroxyl groups is 1. The minimum absolute atomic E-state index is 0.132. The van der Waals surface area contributed by atoms with Gasteiger partial charge in [0.1, 0.15) is 12.4 Å². The topological polar surface area (TPSA) is 131 Å². The average molecular weight is 486 g/mol. The third-order valence-electron chi connectivity index (χ3n) is 6.29. The molecule has 3 N–H and O–H groups in total. The van der Waals surface area contributed by atoms with Gasteiger partial charge in [-0.15, -0.1) is 0 Å². The molecule has 1 aliphatic carbocycles. The molecule has 1 saturated carbocycles. The standard InChI is InChI=1S/C23H35NO8S/c1-33(28,29)24-16(15-31-17-7-3-2-4-8-17)10-11-18-19(13-22(26)27)20(25)14-21(18)32-23-9-5-6-12-30-23/h2-4,7-8,16,18-21,23-25H,5-6,9-15H2,1H3,(H,26,27). The Hall–Kier alpha value is -1.72. The highest BCUT2D eigenvalue weighted by atomic mass is 32.2. The Morgan fingerprint density at radius 2 is 2.00 bits per heavy atom. The van der Waals surface area contributed by atoms with E-state index < -0.39 is 34.1 Å². The summed E-state index contributed by atoms with van der Waals surface area (Å²) in [5, 5.41) is 20.0. The van der Waals surface area contributed by atoms with Crippen molar-refractivity contribution in [3.63, 3.8) is 0 Å². The number of carboxylic acids is 1. The first kappa shape index (κ1) is 25.9. The molecule has 6 unspecified atom stereocenters. The molecule has 6 atom stereocenters. The SMILES string of the molecule is CS(=O)(=O)NC(CCC1C(OC2CCCCO2)CC(O)C1CC(=O)O)COc1ccccc1. The Balaban J connectivity index is 1.67. The summed E-state index contributed by atoms with van der Waals surface area (Å²) in [6.45, 7) is 0.757. The second-order valence-electron chi connectivity index (χ2n) is 8.99. The first-order valence-electron chi connectivity index (χ1n) is 11.5. The van der Waals surface area contributed by atoms with Gasteiger partial charge in [-0.25, -0.2) is 13.1 Å². The minimum Gasteiger partial charge on any atom is -0.492 e. The number of ether oxygens (including phenoxy) is 3. The molecule has 3 rings (SSSR count). The van der Waals surface area contributed by atoms with Crippen molar-refractivity contribution in [3.8, 4) is 5.75 Å². The molecule has 1 aliphatic heterocycles. The maximum absolute atomic E-state index is 11.9. The monoisotopic (exact) mass is 485 g/mol. The Morgan fingerprint density at radius 1 is 1.24 bits per heavy atom. The van der Waals surface area contributed by atoms with Crippen LogP contribution in [0.2, 0.25) is 0 Å². The zero-order valence-electron chi connectivity index (χ0n) is 19.0. The fourth-order valence-electron chi connectivity index (χ4n) is 4.79. The van der Waals surface area contributed by atoms with E-state index in [-0.39, 0.29) is 31.3 Å². The number of aliphatic hydroxyl groups excluding tert-OH is 1. The first-order chi connectivity index (χ1) is 15.7. The van der Waals surface area contributed by atoms with Gasteiger partial charge >= 0.3 is 5.97 Å². The van der Waals surface area contributed by atoms with Gasteiger partial charge in [-0.2, -0.15) is 0 Å². The van der Waals surface area contributed by atoms with Crippen LogP contribution in [-0.2, 0) is 24.3 Å². The molecule has 0 radical (unpaired) electrons. The largest absolute Gasteiger partial charge is 0.492 e. The van der Waals surface area contributed by atoms with Crippen LogP contribution >= 0.6 is 0 Å². The van der Waals surface area contributed by atoms with E-state index in [9.17, 15) is 23.4 Å². The number of hydrogen-bond acceptors (Lipinski definition) is 7. The molecule has 9 nitrogen and oxygen atoms in total. The molecule has 1 aromatic carbocycles. The van der Waals surface area contributed by atoms with E-state index in [2.05, 4.69) is 4.72 Å². The number of aliphatic carboxylic acids is 1. The lowest BCUT2D eigenvalue weighted by molar-refractivity contribution is -0.196. The summed E-state index contributed by atoms with van der Waals surface area (Å²) in [6.07, 6.45) is 3.44. The lowest BCUT2D eigenvalue weighted by Crippen LogP contribution is -2.40. The molecule has 0 aromatic heterocycles. The van der Waals surface area contributed by atoms with Crippen LogP contribution in [0.25, 0.3) is 0 Å². The number of carboxylic acid groups (broad SMARTS) is 1. The fourth-order valence-corrected chi connectivity index (χ4v) is 5.59. The summed E-state index contributed by atoms with van der Waals surface area (Å²) in [5.41, 5.74) is 0. The molecule has 2 aliphatic rings. The minimum atomic E-state index is -3.48. The van der Waals surface area contributed by atoms with Crippen molar-refractivity contribution in [3.05, 3.63) is 30.3 Å². The number of carbonyl (C=O) groups is 1. The summed E-state index contributed by atoms with van der Waals surface area (Å²) < 4.78 is 44.1. The quantitative estimate of drug-likeness (QED) is 0.410. The molecular weight excluding hydrogens is 450 g/mol. The van der Waals surface area contributed by atoms with Gasteiger partial charge in [-0.3, -0.25) is 4.79 Å². The fraction of sp³-hybridized carbons (Fsp3) is 0.696. The first-order valence-corrected chi connectivity index (χ1v) is 13.4. The molecule has 1 heterocycles. The van der Waals surface area contributed by atoms with Crippen LogP contribution < -0.4 is 9.46 Å². The maximum Gasteiger partial charge on any atom is 0.303 e. The van der Waals surface area contributed by atoms with Gasteiger partial charge < -0.3 is 24.4 Å². The van der Waals surface area contributed by atoms with Crippen molar-refractivity contribution in [1.82, 2.24) is 4.72 Å². The molecule has 0 spiro atoms. The zero-order valence-corrected chi connectivity index (χ0v) is 19.8. The number of rotatable bonds is 12. The molecule has 0 amide bonds. The lowest BCUT2D eigenvalue weighted by atomic mass is 9.86. The summed E-state index contributed by atoms with van der Waals surface area (Å²) in [7, 11) is -3.48. The van der Waals surface area contributed by atoms with Crippen molar-refractivity contribution in [2.75, 3.05) is 19.5 Å². The van der Waals surface area contributed by atoms with E-state index >= 15 is 0 Å². The molecule has 1 aromatic rings. The molecule has 33 heavy (non-hydrogen) atoms. The van der Waals surface area contributed by atoms with E-state index in [1.54, 1.807) is 12.1 Å². The Morgan fingerprint density at radius 3 is 2.64 bits per heavy atom. The summed E-state index contributed by atoms with van der Waals surface area (Å²) in [4.78, 5) is 11.4. The van der Waals surface area contributed by atoms with E-state index in [1.807, 2.05) is 18.2 Å². The van der Waals surface area contributed by atoms with Gasteiger partial charge in [-0.1, -0.05) is 18.2 Å². The summed E-state index contributed by atoms with van der Waals surface area (Å²) >= 11 is 0. The van der Waals surface area contributed by atoms with Crippen molar-refractivity contribution >= 4 is 16.0 Å². The van der Waals surface area contributed by atoms with Crippen molar-refractivity contribution in [2.24, 2.45) is 11.8 Å². The third kappa shape index (κ3) is 8.53. The van der Waals surface area contributed by atoms with E-state index in [4.69, 9.17) is 14.2 Å². The second kappa shape index (κ2) is 12.1. The highest BCUT2D eigenvalue weighted by Gasteiger charge is 2.45. The number of sulfonamides is 1. The van der Waals surface area contributed by atoms with Crippen LogP contribution in [0, 0.1) is 11.8 Å². The molecule has 0 bridgehead atoms. The van der Waals surface area contributed by atoms with Crippen LogP contribution in [0.15, 0.2) is 30.3 Å². The van der Waals surface area contributed by atoms with Crippen molar-refractivity contribution in [1.29, 1.82) is 0 Å². The van der Waals surface area contributed by atoms with Crippen LogP contribution in [0.1, 0.15) is 44.9 Å². The smallest absolute Gasteiger partial charge is 0.303 e. The van der Waals surface area contributed by atoms with Crippen molar-refractivity contribution in [2.45, 2.75) is 69.5 Å². The van der Waals surface area contributed by atoms with Crippen LogP contribution in [0.3, 0.4) is 0 Å². The van der Waals surface area contributed by atoms with Gasteiger partial charge in [0.05, 0.1) is 30.9 Å². The van der Waals surface area contributed by atoms with Gasteiger partial charge in [0.25, 0.3) is 0 Å². The molecule has 2 fully saturated rings. The predicted molar refractivity (Wildman–Crippen MR) is 121 cm³/mol. The second-order valence-corrected chi connectivity index (χ2v) is 10.8. The molecule has 10 heteroatoms. The number of nitrogens with one attached hydrogen (secondary N) is 1. The highest BCUT2D eigenvalue weighted by Crippen LogP contribution is 2.41. The predicted octanol–water partition coefficient (Wildman–Crippen LogP) is 2.15. The van der Waals surface area contributed by atoms with Gasteiger partial charge in [0, 0.05) is 18.9 Å². The normalized spacial score (nSPS) is 29.0. The molecule has 1 saturated heterocycles. The number of para-hydroxylation sites is 1. The highest BCUT2D eigenvalue weighted by molar-refractivity contribution is 7.88. The molecular formula is C23H35NO8S. The van der Waals surface area contributed by atoms with Crippen LogP contribution in [-0.4, -0.2) is 68.6 Å². The summed E-state index contributed by atoms with van der Waals surface area (Å²) in [5.74, 6) is -1.04.